The molecule has 0 atom stereocenters. The van der Waals surface area contributed by atoms with Gasteiger partial charge in [0.05, 0.1) is 6.54 Å². The Hall–Kier alpha value is -2.08. The van der Waals surface area contributed by atoms with E-state index in [9.17, 15) is 0 Å². The second-order valence-corrected chi connectivity index (χ2v) is 7.16. The van der Waals surface area contributed by atoms with Crippen molar-refractivity contribution in [2.24, 2.45) is 4.99 Å². The molecule has 0 amide bonds. The first-order valence-electron chi connectivity index (χ1n) is 8.51. The minimum atomic E-state index is 0.653. The Morgan fingerprint density at radius 1 is 1.21 bits per heavy atom. The van der Waals surface area contributed by atoms with Crippen LogP contribution in [0.3, 0.4) is 0 Å². The minimum Gasteiger partial charge on any atom is -0.368 e. The van der Waals surface area contributed by atoms with Crippen molar-refractivity contribution >= 4 is 23.0 Å². The van der Waals surface area contributed by atoms with Crippen LogP contribution < -0.4 is 10.2 Å². The molecule has 1 aromatic carbocycles. The van der Waals surface area contributed by atoms with Crippen LogP contribution in [-0.2, 0) is 6.54 Å². The number of aryl methyl sites for hydroxylation is 1. The minimum absolute atomic E-state index is 0.653. The highest BCUT2D eigenvalue weighted by atomic mass is 32.1. The van der Waals surface area contributed by atoms with Gasteiger partial charge in [0.25, 0.3) is 0 Å². The van der Waals surface area contributed by atoms with Crippen LogP contribution in [0.15, 0.2) is 41.5 Å². The number of hydrogen-bond acceptors (Lipinski definition) is 4. The molecule has 1 aromatic heterocycles. The molecule has 1 fully saturated rings. The molecule has 1 aliphatic heterocycles. The topological polar surface area (TPSA) is 43.8 Å². The Bertz CT molecular complexity index is 659. The van der Waals surface area contributed by atoms with Crippen LogP contribution in [0, 0.1) is 6.92 Å². The molecule has 0 aliphatic carbocycles. The molecule has 0 radical (unpaired) electrons. The Labute approximate surface area is 148 Å². The SMILES string of the molecule is CCNC(=NCc1ncc(C)s1)N1CCN(c2ccccc2)CC1. The summed E-state index contributed by atoms with van der Waals surface area (Å²) < 4.78 is 0. The van der Waals surface area contributed by atoms with Gasteiger partial charge in [0.2, 0.25) is 0 Å². The highest BCUT2D eigenvalue weighted by molar-refractivity contribution is 7.11. The largest absolute Gasteiger partial charge is 0.368 e. The molecule has 0 unspecified atom stereocenters. The zero-order valence-electron chi connectivity index (χ0n) is 14.4. The lowest BCUT2D eigenvalue weighted by molar-refractivity contribution is 0.372. The number of nitrogens with one attached hydrogen (secondary N) is 1. The summed E-state index contributed by atoms with van der Waals surface area (Å²) in [5, 5.41) is 4.49. The second kappa shape index (κ2) is 8.15. The molecule has 5 nitrogen and oxygen atoms in total. The molecule has 3 rings (SSSR count). The van der Waals surface area contributed by atoms with Crippen LogP contribution in [0.25, 0.3) is 0 Å². The quantitative estimate of drug-likeness (QED) is 0.685. The van der Waals surface area contributed by atoms with Crippen LogP contribution in [0.4, 0.5) is 5.69 Å². The Morgan fingerprint density at radius 2 is 1.96 bits per heavy atom. The molecular formula is C18H25N5S. The van der Waals surface area contributed by atoms with Crippen molar-refractivity contribution in [3.8, 4) is 0 Å². The number of guanidine groups is 1. The average molecular weight is 344 g/mol. The van der Waals surface area contributed by atoms with E-state index in [4.69, 9.17) is 4.99 Å². The van der Waals surface area contributed by atoms with Crippen molar-refractivity contribution in [3.05, 3.63) is 46.4 Å². The molecule has 6 heteroatoms. The summed E-state index contributed by atoms with van der Waals surface area (Å²) in [5.74, 6) is 0.998. The number of para-hydroxylation sites is 1. The average Bonchev–Trinajstić information content (AvgIpc) is 3.05. The first kappa shape index (κ1) is 16.8. The van der Waals surface area contributed by atoms with E-state index in [1.165, 1.54) is 10.6 Å². The van der Waals surface area contributed by atoms with E-state index in [0.29, 0.717) is 6.54 Å². The van der Waals surface area contributed by atoms with Crippen molar-refractivity contribution in [2.45, 2.75) is 20.4 Å². The monoisotopic (exact) mass is 343 g/mol. The van der Waals surface area contributed by atoms with Gasteiger partial charge in [0.1, 0.15) is 5.01 Å². The number of aliphatic imine (C=N–C) groups is 1. The van der Waals surface area contributed by atoms with Crippen LogP contribution in [-0.4, -0.2) is 48.6 Å². The summed E-state index contributed by atoms with van der Waals surface area (Å²) in [7, 11) is 0. The van der Waals surface area contributed by atoms with Gasteiger partial charge in [-0.1, -0.05) is 18.2 Å². The second-order valence-electron chi connectivity index (χ2n) is 5.84. The van der Waals surface area contributed by atoms with E-state index in [1.54, 1.807) is 11.3 Å². The van der Waals surface area contributed by atoms with Crippen LogP contribution in [0.1, 0.15) is 16.8 Å². The summed E-state index contributed by atoms with van der Waals surface area (Å²) >= 11 is 1.72. The maximum atomic E-state index is 4.78. The molecule has 1 N–H and O–H groups in total. The van der Waals surface area contributed by atoms with Gasteiger partial charge < -0.3 is 15.1 Å². The van der Waals surface area contributed by atoms with Crippen LogP contribution in [0.5, 0.6) is 0 Å². The van der Waals surface area contributed by atoms with E-state index in [0.717, 1.165) is 43.7 Å². The number of aromatic nitrogens is 1. The van der Waals surface area contributed by atoms with Gasteiger partial charge in [0.15, 0.2) is 5.96 Å². The van der Waals surface area contributed by atoms with E-state index >= 15 is 0 Å². The summed E-state index contributed by atoms with van der Waals surface area (Å²) in [6, 6.07) is 10.6. The van der Waals surface area contributed by atoms with Gasteiger partial charge in [-0.25, -0.2) is 9.98 Å². The Morgan fingerprint density at radius 3 is 2.58 bits per heavy atom. The zero-order valence-corrected chi connectivity index (χ0v) is 15.2. The fourth-order valence-corrected chi connectivity index (χ4v) is 3.57. The molecule has 0 bridgehead atoms. The van der Waals surface area contributed by atoms with Gasteiger partial charge in [0, 0.05) is 49.5 Å². The van der Waals surface area contributed by atoms with Gasteiger partial charge in [-0.15, -0.1) is 11.3 Å². The maximum Gasteiger partial charge on any atom is 0.194 e. The molecule has 128 valence electrons. The molecule has 2 aromatic rings. The molecule has 1 saturated heterocycles. The molecule has 24 heavy (non-hydrogen) atoms. The van der Waals surface area contributed by atoms with Crippen molar-refractivity contribution in [2.75, 3.05) is 37.6 Å². The zero-order chi connectivity index (χ0) is 16.8. The highest BCUT2D eigenvalue weighted by Crippen LogP contribution is 2.16. The summed E-state index contributed by atoms with van der Waals surface area (Å²) in [4.78, 5) is 15.2. The third-order valence-corrected chi connectivity index (χ3v) is 4.97. The molecule has 0 saturated carbocycles. The third kappa shape index (κ3) is 4.26. The summed E-state index contributed by atoms with van der Waals surface area (Å²) in [6.07, 6.45) is 1.92. The molecule has 2 heterocycles. The van der Waals surface area contributed by atoms with Gasteiger partial charge in [-0.2, -0.15) is 0 Å². The normalized spacial score (nSPS) is 15.7. The number of thiazole rings is 1. The summed E-state index contributed by atoms with van der Waals surface area (Å²) in [6.45, 7) is 9.74. The standard InChI is InChI=1S/C18H25N5S/c1-3-19-18(21-14-17-20-13-15(2)24-17)23-11-9-22(10-12-23)16-7-5-4-6-8-16/h4-8,13H,3,9-12,14H2,1-2H3,(H,19,21). The number of hydrogen-bond donors (Lipinski definition) is 1. The highest BCUT2D eigenvalue weighted by Gasteiger charge is 2.19. The fraction of sp³-hybridized carbons (Fsp3) is 0.444. The van der Waals surface area contributed by atoms with Gasteiger partial charge in [-0.3, -0.25) is 0 Å². The van der Waals surface area contributed by atoms with Crippen molar-refractivity contribution < 1.29 is 0 Å². The number of rotatable bonds is 4. The van der Waals surface area contributed by atoms with Gasteiger partial charge >= 0.3 is 0 Å². The number of benzene rings is 1. The van der Waals surface area contributed by atoms with Crippen molar-refractivity contribution in [1.29, 1.82) is 0 Å². The van der Waals surface area contributed by atoms with E-state index in [2.05, 4.69) is 64.3 Å². The lowest BCUT2D eigenvalue weighted by Gasteiger charge is -2.37. The molecule has 0 spiro atoms. The predicted octanol–water partition coefficient (Wildman–Crippen LogP) is 2.74. The third-order valence-electron chi connectivity index (χ3n) is 4.07. The Balaban J connectivity index is 1.61. The van der Waals surface area contributed by atoms with E-state index in [1.807, 2.05) is 6.20 Å². The predicted molar refractivity (Wildman–Crippen MR) is 102 cm³/mol. The smallest absolute Gasteiger partial charge is 0.194 e. The van der Waals surface area contributed by atoms with Gasteiger partial charge in [-0.05, 0) is 26.0 Å². The molecular weight excluding hydrogens is 318 g/mol. The first-order valence-corrected chi connectivity index (χ1v) is 9.32. The van der Waals surface area contributed by atoms with E-state index < -0.39 is 0 Å². The van der Waals surface area contributed by atoms with Crippen molar-refractivity contribution in [3.63, 3.8) is 0 Å². The first-order chi connectivity index (χ1) is 11.8. The number of piperazine rings is 1. The van der Waals surface area contributed by atoms with Crippen molar-refractivity contribution in [1.82, 2.24) is 15.2 Å². The summed E-state index contributed by atoms with van der Waals surface area (Å²) in [5.41, 5.74) is 1.30. The fourth-order valence-electron chi connectivity index (χ4n) is 2.86. The Kier molecular flexibility index (Phi) is 5.69. The maximum absolute atomic E-state index is 4.78. The number of nitrogens with zero attached hydrogens (tertiary/aromatic N) is 4. The van der Waals surface area contributed by atoms with Crippen LogP contribution in [0.2, 0.25) is 0 Å². The lowest BCUT2D eigenvalue weighted by atomic mass is 10.2. The molecule has 1 aliphatic rings. The number of anilines is 1. The van der Waals surface area contributed by atoms with E-state index in [-0.39, 0.29) is 0 Å². The van der Waals surface area contributed by atoms with Crippen LogP contribution >= 0.6 is 11.3 Å². The lowest BCUT2D eigenvalue weighted by Crippen LogP contribution is -2.52.